The zero-order valence-electron chi connectivity index (χ0n) is 16.3. The Balaban J connectivity index is 1.88. The Kier molecular flexibility index (Phi) is 8.60. The molecule has 0 aliphatic rings. The normalized spacial score (nSPS) is 11.3. The lowest BCUT2D eigenvalue weighted by Gasteiger charge is -2.22. The van der Waals surface area contributed by atoms with Crippen molar-refractivity contribution in [1.82, 2.24) is 20.5 Å². The van der Waals surface area contributed by atoms with E-state index in [0.29, 0.717) is 18.0 Å². The molecule has 0 atom stereocenters. The number of benzene rings is 1. The number of carbonyl (C=O) groups excluding carboxylic acids is 1. The molecule has 27 heavy (non-hydrogen) atoms. The number of hydrogen-bond acceptors (Lipinski definition) is 5. The van der Waals surface area contributed by atoms with Gasteiger partial charge in [-0.2, -0.15) is 0 Å². The van der Waals surface area contributed by atoms with Crippen molar-refractivity contribution >= 4 is 35.0 Å². The molecule has 1 heterocycles. The van der Waals surface area contributed by atoms with Gasteiger partial charge in [-0.25, -0.2) is 4.98 Å². The van der Waals surface area contributed by atoms with Crippen molar-refractivity contribution in [3.8, 4) is 0 Å². The Bertz CT molecular complexity index is 758. The van der Waals surface area contributed by atoms with E-state index in [1.54, 1.807) is 17.3 Å². The van der Waals surface area contributed by atoms with Gasteiger partial charge < -0.3 is 15.5 Å². The average Bonchev–Trinajstić information content (AvgIpc) is 3.10. The quantitative estimate of drug-likeness (QED) is 0.306. The van der Waals surface area contributed by atoms with Crippen molar-refractivity contribution in [3.05, 3.63) is 45.9 Å². The monoisotopic (exact) mass is 405 g/mol. The van der Waals surface area contributed by atoms with E-state index in [0.717, 1.165) is 24.7 Å². The molecule has 2 N–H and O–H groups in total. The summed E-state index contributed by atoms with van der Waals surface area (Å²) in [4.78, 5) is 24.8. The Hall–Kier alpha value is -2.06. The smallest absolute Gasteiger partial charge is 0.263 e. The van der Waals surface area contributed by atoms with Gasteiger partial charge >= 0.3 is 0 Å². The number of aromatic nitrogens is 1. The molecule has 146 valence electrons. The van der Waals surface area contributed by atoms with Crippen LogP contribution in [0.25, 0.3) is 0 Å². The number of carbonyl (C=O) groups is 1. The zero-order valence-corrected chi connectivity index (χ0v) is 17.9. The third kappa shape index (κ3) is 6.55. The Morgan fingerprint density at radius 2 is 2.04 bits per heavy atom. The third-order valence-electron chi connectivity index (χ3n) is 3.89. The maximum atomic E-state index is 12.1. The van der Waals surface area contributed by atoms with Crippen LogP contribution >= 0.6 is 23.1 Å². The van der Waals surface area contributed by atoms with Crippen LogP contribution in [0.15, 0.2) is 39.7 Å². The van der Waals surface area contributed by atoms with Gasteiger partial charge in [-0.3, -0.25) is 9.79 Å². The summed E-state index contributed by atoms with van der Waals surface area (Å²) < 4.78 is 0. The maximum absolute atomic E-state index is 12.1. The summed E-state index contributed by atoms with van der Waals surface area (Å²) in [5.74, 6) is 0.743. The van der Waals surface area contributed by atoms with E-state index >= 15 is 0 Å². The van der Waals surface area contributed by atoms with Gasteiger partial charge in [0.05, 0.1) is 17.7 Å². The molecule has 0 spiro atoms. The second kappa shape index (κ2) is 10.9. The number of aliphatic imine (C=N–C) groups is 1. The van der Waals surface area contributed by atoms with Crippen molar-refractivity contribution < 1.29 is 4.79 Å². The fourth-order valence-corrected chi connectivity index (χ4v) is 3.61. The number of thiazole rings is 1. The molecule has 0 aliphatic heterocycles. The Labute approximate surface area is 169 Å². The molecule has 1 aromatic heterocycles. The lowest BCUT2D eigenvalue weighted by molar-refractivity contribution is 0.0958. The summed E-state index contributed by atoms with van der Waals surface area (Å²) in [6.45, 7) is 6.45. The van der Waals surface area contributed by atoms with Gasteiger partial charge in [0, 0.05) is 31.6 Å². The van der Waals surface area contributed by atoms with Gasteiger partial charge in [-0.05, 0) is 37.8 Å². The Morgan fingerprint density at radius 3 is 2.63 bits per heavy atom. The lowest BCUT2D eigenvalue weighted by Crippen LogP contribution is -2.39. The first-order valence-electron chi connectivity index (χ1n) is 8.85. The minimum Gasteiger partial charge on any atom is -0.357 e. The van der Waals surface area contributed by atoms with Crippen LogP contribution < -0.4 is 10.6 Å². The standard InChI is InChI=1S/C19H27N5OS2/c1-5-20-19(24(3)12-15-6-8-16(26-4)9-7-15)22-11-10-21-18(25)17-14(2)23-13-27-17/h6-9,13H,5,10-12H2,1-4H3,(H,20,22)(H,21,25). The largest absolute Gasteiger partial charge is 0.357 e. The second-order valence-corrected chi connectivity index (χ2v) is 7.70. The van der Waals surface area contributed by atoms with Crippen molar-refractivity contribution in [2.45, 2.75) is 25.3 Å². The van der Waals surface area contributed by atoms with Crippen LogP contribution in [0.3, 0.4) is 0 Å². The molecule has 0 saturated carbocycles. The van der Waals surface area contributed by atoms with Crippen LogP contribution in [-0.2, 0) is 6.54 Å². The molecule has 0 bridgehead atoms. The number of guanidine groups is 1. The number of aryl methyl sites for hydroxylation is 1. The number of nitrogens with one attached hydrogen (secondary N) is 2. The SMILES string of the molecule is CCNC(=NCCNC(=O)c1scnc1C)N(C)Cc1ccc(SC)cc1. The molecular weight excluding hydrogens is 378 g/mol. The first-order chi connectivity index (χ1) is 13.0. The average molecular weight is 406 g/mol. The molecule has 6 nitrogen and oxygen atoms in total. The number of hydrogen-bond donors (Lipinski definition) is 2. The molecule has 8 heteroatoms. The molecule has 1 amide bonds. The van der Waals surface area contributed by atoms with E-state index in [4.69, 9.17) is 0 Å². The fourth-order valence-electron chi connectivity index (χ4n) is 2.48. The highest BCUT2D eigenvalue weighted by Gasteiger charge is 2.11. The molecule has 0 unspecified atom stereocenters. The summed E-state index contributed by atoms with van der Waals surface area (Å²) in [5, 5.41) is 6.20. The number of rotatable bonds is 8. The van der Waals surface area contributed by atoms with E-state index in [-0.39, 0.29) is 5.91 Å². The number of thioether (sulfide) groups is 1. The predicted octanol–water partition coefficient (Wildman–Crippen LogP) is 3.00. The minimum atomic E-state index is -0.0857. The van der Waals surface area contributed by atoms with Crippen molar-refractivity contribution in [2.75, 3.05) is 32.9 Å². The first-order valence-corrected chi connectivity index (χ1v) is 11.0. The summed E-state index contributed by atoms with van der Waals surface area (Å²) in [6, 6.07) is 8.55. The highest BCUT2D eigenvalue weighted by molar-refractivity contribution is 7.98. The summed E-state index contributed by atoms with van der Waals surface area (Å²) in [7, 11) is 2.02. The third-order valence-corrected chi connectivity index (χ3v) is 5.56. The van der Waals surface area contributed by atoms with Crippen LogP contribution in [0.2, 0.25) is 0 Å². The summed E-state index contributed by atoms with van der Waals surface area (Å²) in [5.41, 5.74) is 3.68. The second-order valence-electron chi connectivity index (χ2n) is 5.96. The predicted molar refractivity (Wildman–Crippen MR) is 115 cm³/mol. The molecule has 0 saturated heterocycles. The molecular formula is C19H27N5OS2. The minimum absolute atomic E-state index is 0.0857. The van der Waals surface area contributed by atoms with Gasteiger partial charge in [0.2, 0.25) is 0 Å². The molecule has 2 rings (SSSR count). The van der Waals surface area contributed by atoms with Gasteiger partial charge in [-0.15, -0.1) is 23.1 Å². The first kappa shape index (κ1) is 21.2. The van der Waals surface area contributed by atoms with E-state index in [1.165, 1.54) is 21.8 Å². The molecule has 0 fully saturated rings. The zero-order chi connectivity index (χ0) is 19.6. The van der Waals surface area contributed by atoms with E-state index in [1.807, 2.05) is 20.9 Å². The van der Waals surface area contributed by atoms with Crippen LogP contribution in [-0.4, -0.2) is 54.7 Å². The van der Waals surface area contributed by atoms with E-state index in [2.05, 4.69) is 56.0 Å². The molecule has 0 radical (unpaired) electrons. The lowest BCUT2D eigenvalue weighted by atomic mass is 10.2. The van der Waals surface area contributed by atoms with Gasteiger partial charge in [0.25, 0.3) is 5.91 Å². The van der Waals surface area contributed by atoms with Crippen LogP contribution in [0.5, 0.6) is 0 Å². The summed E-state index contributed by atoms with van der Waals surface area (Å²) in [6.07, 6.45) is 2.08. The number of nitrogens with zero attached hydrogens (tertiary/aromatic N) is 3. The number of amides is 1. The van der Waals surface area contributed by atoms with Crippen LogP contribution in [0.4, 0.5) is 0 Å². The highest BCUT2D eigenvalue weighted by atomic mass is 32.2. The topological polar surface area (TPSA) is 69.6 Å². The fraction of sp³-hybridized carbons (Fsp3) is 0.421. The van der Waals surface area contributed by atoms with Crippen LogP contribution in [0.1, 0.15) is 27.9 Å². The van der Waals surface area contributed by atoms with E-state index in [9.17, 15) is 4.79 Å². The van der Waals surface area contributed by atoms with Gasteiger partial charge in [0.1, 0.15) is 4.88 Å². The molecule has 1 aromatic carbocycles. The molecule has 2 aromatic rings. The van der Waals surface area contributed by atoms with Crippen molar-refractivity contribution in [3.63, 3.8) is 0 Å². The van der Waals surface area contributed by atoms with Gasteiger partial charge in [-0.1, -0.05) is 12.1 Å². The van der Waals surface area contributed by atoms with Crippen LogP contribution in [0, 0.1) is 6.92 Å². The van der Waals surface area contributed by atoms with Gasteiger partial charge in [0.15, 0.2) is 5.96 Å². The highest BCUT2D eigenvalue weighted by Crippen LogP contribution is 2.15. The summed E-state index contributed by atoms with van der Waals surface area (Å²) >= 11 is 3.10. The van der Waals surface area contributed by atoms with Crippen molar-refractivity contribution in [1.29, 1.82) is 0 Å². The van der Waals surface area contributed by atoms with Crippen molar-refractivity contribution in [2.24, 2.45) is 4.99 Å². The molecule has 0 aliphatic carbocycles. The Morgan fingerprint density at radius 1 is 1.30 bits per heavy atom. The van der Waals surface area contributed by atoms with E-state index < -0.39 is 0 Å². The maximum Gasteiger partial charge on any atom is 0.263 e.